The highest BCUT2D eigenvalue weighted by Crippen LogP contribution is 2.15. The number of rotatable bonds is 0. The molecule has 0 bridgehead atoms. The third-order valence-corrected chi connectivity index (χ3v) is 2.78. The highest BCUT2D eigenvalue weighted by molar-refractivity contribution is 5.21. The first-order chi connectivity index (χ1) is 7.58. The van der Waals surface area contributed by atoms with E-state index in [0.29, 0.717) is 0 Å². The Hall–Kier alpha value is -1.30. The van der Waals surface area contributed by atoms with Crippen LogP contribution in [0, 0.1) is 13.8 Å². The van der Waals surface area contributed by atoms with Gasteiger partial charge in [-0.05, 0) is 40.5 Å². The van der Waals surface area contributed by atoms with E-state index in [1.54, 1.807) is 0 Å². The average Bonchev–Trinajstić information content (AvgIpc) is 2.28. The van der Waals surface area contributed by atoms with Gasteiger partial charge in [0.2, 0.25) is 0 Å². The molecule has 0 heterocycles. The summed E-state index contributed by atoms with van der Waals surface area (Å²) in [5.41, 5.74) is 5.68. The maximum absolute atomic E-state index is 2.21. The summed E-state index contributed by atoms with van der Waals surface area (Å²) < 4.78 is 0. The van der Waals surface area contributed by atoms with Crippen molar-refractivity contribution in [3.05, 3.63) is 58.7 Å². The van der Waals surface area contributed by atoms with Gasteiger partial charge in [0.25, 0.3) is 0 Å². The van der Waals surface area contributed by atoms with E-state index in [-0.39, 0.29) is 0 Å². The molecule has 1 aliphatic rings. The fourth-order valence-electron chi connectivity index (χ4n) is 1.48. The zero-order valence-electron chi connectivity index (χ0n) is 10.9. The summed E-state index contributed by atoms with van der Waals surface area (Å²) in [6, 6.07) is 8.48. The minimum atomic E-state index is 1.27. The summed E-state index contributed by atoms with van der Waals surface area (Å²) in [5.74, 6) is 0. The molecule has 0 radical (unpaired) electrons. The Bertz CT molecular complexity index is 338. The Balaban J connectivity index is 0.000000160. The van der Waals surface area contributed by atoms with Crippen molar-refractivity contribution < 1.29 is 0 Å². The van der Waals surface area contributed by atoms with Gasteiger partial charge in [0.1, 0.15) is 0 Å². The number of hydrogen-bond donors (Lipinski definition) is 0. The lowest BCUT2D eigenvalue weighted by Gasteiger charge is -2.05. The van der Waals surface area contributed by atoms with Crippen LogP contribution in [0.5, 0.6) is 0 Å². The van der Waals surface area contributed by atoms with Gasteiger partial charge in [0, 0.05) is 0 Å². The summed E-state index contributed by atoms with van der Waals surface area (Å²) >= 11 is 0. The molecule has 0 amide bonds. The standard InChI is InChI=1S/C8H12.C8H10/c2*1-7-3-5-8(2)6-4-7/h3,5H,4,6H2,1-2H3;3-6H,1-2H3. The second kappa shape index (κ2) is 6.32. The highest BCUT2D eigenvalue weighted by Gasteiger charge is 1.95. The lowest BCUT2D eigenvalue weighted by molar-refractivity contribution is 0.906. The summed E-state index contributed by atoms with van der Waals surface area (Å²) in [5, 5.41) is 0. The minimum absolute atomic E-state index is 1.27. The molecule has 0 unspecified atom stereocenters. The Morgan fingerprint density at radius 2 is 0.938 bits per heavy atom. The first-order valence-electron chi connectivity index (χ1n) is 5.94. The SMILES string of the molecule is CC1=CC=C(C)CC1.Cc1ccc(C)cc1. The molecule has 0 heteroatoms. The molecule has 1 aromatic carbocycles. The molecular formula is C16H22. The van der Waals surface area contributed by atoms with Crippen molar-refractivity contribution in [2.75, 3.05) is 0 Å². The number of hydrogen-bond acceptors (Lipinski definition) is 0. The quantitative estimate of drug-likeness (QED) is 0.571. The topological polar surface area (TPSA) is 0 Å². The van der Waals surface area contributed by atoms with Crippen LogP contribution in [0.4, 0.5) is 0 Å². The molecule has 2 rings (SSSR count). The van der Waals surface area contributed by atoms with Crippen molar-refractivity contribution in [3.8, 4) is 0 Å². The van der Waals surface area contributed by atoms with Crippen molar-refractivity contribution in [2.45, 2.75) is 40.5 Å². The zero-order valence-corrected chi connectivity index (χ0v) is 10.9. The number of benzene rings is 1. The maximum atomic E-state index is 2.21. The van der Waals surface area contributed by atoms with Crippen LogP contribution in [-0.4, -0.2) is 0 Å². The van der Waals surface area contributed by atoms with Crippen molar-refractivity contribution in [1.29, 1.82) is 0 Å². The lowest BCUT2D eigenvalue weighted by atomic mass is 10.0. The number of aryl methyl sites for hydroxylation is 2. The fourth-order valence-corrected chi connectivity index (χ4v) is 1.48. The Kier molecular flexibility index (Phi) is 5.04. The van der Waals surface area contributed by atoms with Gasteiger partial charge in [-0.15, -0.1) is 0 Å². The van der Waals surface area contributed by atoms with E-state index in [4.69, 9.17) is 0 Å². The first-order valence-corrected chi connectivity index (χ1v) is 5.94. The van der Waals surface area contributed by atoms with Gasteiger partial charge in [0.15, 0.2) is 0 Å². The predicted octanol–water partition coefficient (Wildman–Crippen LogP) is 4.98. The molecule has 0 saturated carbocycles. The van der Waals surface area contributed by atoms with Crippen LogP contribution in [-0.2, 0) is 0 Å². The zero-order chi connectivity index (χ0) is 12.0. The molecule has 0 atom stereocenters. The second-order valence-electron chi connectivity index (χ2n) is 4.68. The molecular weight excluding hydrogens is 192 g/mol. The van der Waals surface area contributed by atoms with Gasteiger partial charge in [0.05, 0.1) is 0 Å². The van der Waals surface area contributed by atoms with E-state index >= 15 is 0 Å². The van der Waals surface area contributed by atoms with Crippen LogP contribution in [0.25, 0.3) is 0 Å². The van der Waals surface area contributed by atoms with Gasteiger partial charge in [-0.25, -0.2) is 0 Å². The summed E-state index contributed by atoms with van der Waals surface area (Å²) in [7, 11) is 0. The van der Waals surface area contributed by atoms with Crippen LogP contribution >= 0.6 is 0 Å². The summed E-state index contributed by atoms with van der Waals surface area (Å²) in [6.45, 7) is 8.56. The van der Waals surface area contributed by atoms with Gasteiger partial charge < -0.3 is 0 Å². The van der Waals surface area contributed by atoms with Crippen molar-refractivity contribution >= 4 is 0 Å². The molecule has 0 nitrogen and oxygen atoms in total. The summed E-state index contributed by atoms with van der Waals surface area (Å²) in [4.78, 5) is 0. The van der Waals surface area contributed by atoms with Crippen molar-refractivity contribution in [3.63, 3.8) is 0 Å². The lowest BCUT2D eigenvalue weighted by Crippen LogP contribution is -1.85. The maximum Gasteiger partial charge on any atom is -0.0283 e. The van der Waals surface area contributed by atoms with E-state index in [2.05, 4.69) is 64.1 Å². The molecule has 0 N–H and O–H groups in total. The van der Waals surface area contributed by atoms with Gasteiger partial charge in [-0.1, -0.05) is 58.7 Å². The molecule has 86 valence electrons. The largest absolute Gasteiger partial charge is 0.0730 e. The smallest absolute Gasteiger partial charge is 0.0283 e. The third kappa shape index (κ3) is 4.97. The van der Waals surface area contributed by atoms with Gasteiger partial charge in [-0.2, -0.15) is 0 Å². The van der Waals surface area contributed by atoms with E-state index in [9.17, 15) is 0 Å². The Morgan fingerprint density at radius 1 is 0.625 bits per heavy atom. The van der Waals surface area contributed by atoms with Crippen molar-refractivity contribution in [2.24, 2.45) is 0 Å². The van der Waals surface area contributed by atoms with E-state index in [1.165, 1.54) is 35.1 Å². The molecule has 1 aliphatic carbocycles. The minimum Gasteiger partial charge on any atom is -0.0730 e. The Morgan fingerprint density at radius 3 is 1.19 bits per heavy atom. The van der Waals surface area contributed by atoms with E-state index < -0.39 is 0 Å². The third-order valence-electron chi connectivity index (χ3n) is 2.78. The molecule has 1 aromatic rings. The van der Waals surface area contributed by atoms with Crippen LogP contribution in [0.2, 0.25) is 0 Å². The highest BCUT2D eigenvalue weighted by atomic mass is 14.0. The molecule has 0 aliphatic heterocycles. The molecule has 0 fully saturated rings. The van der Waals surface area contributed by atoms with Crippen LogP contribution in [0.15, 0.2) is 47.6 Å². The van der Waals surface area contributed by atoms with Crippen LogP contribution in [0.1, 0.15) is 37.8 Å². The average molecular weight is 214 g/mol. The van der Waals surface area contributed by atoms with E-state index in [1.807, 2.05) is 0 Å². The molecule has 16 heavy (non-hydrogen) atoms. The molecule has 0 aromatic heterocycles. The van der Waals surface area contributed by atoms with Crippen LogP contribution in [0.3, 0.4) is 0 Å². The molecule has 0 saturated heterocycles. The monoisotopic (exact) mass is 214 g/mol. The second-order valence-corrected chi connectivity index (χ2v) is 4.68. The first kappa shape index (κ1) is 12.8. The van der Waals surface area contributed by atoms with Gasteiger partial charge in [-0.3, -0.25) is 0 Å². The Labute approximate surface area is 99.7 Å². The van der Waals surface area contributed by atoms with Crippen LogP contribution < -0.4 is 0 Å². The molecule has 0 spiro atoms. The van der Waals surface area contributed by atoms with Crippen molar-refractivity contribution in [1.82, 2.24) is 0 Å². The predicted molar refractivity (Wildman–Crippen MR) is 72.7 cm³/mol. The fraction of sp³-hybridized carbons (Fsp3) is 0.375. The van der Waals surface area contributed by atoms with E-state index in [0.717, 1.165) is 0 Å². The summed E-state index contributed by atoms with van der Waals surface area (Å²) in [6.07, 6.45) is 6.95. The number of allylic oxidation sites excluding steroid dienone is 4. The van der Waals surface area contributed by atoms with Gasteiger partial charge >= 0.3 is 0 Å². The normalized spacial score (nSPS) is 14.5.